The average molecular weight is 387 g/mol. The number of anilines is 1. The van der Waals surface area contributed by atoms with Crippen LogP contribution in [0.3, 0.4) is 0 Å². The van der Waals surface area contributed by atoms with Crippen molar-refractivity contribution in [2.75, 3.05) is 12.4 Å². The molecule has 0 aliphatic carbocycles. The molecular weight excluding hydrogens is 362 g/mol. The lowest BCUT2D eigenvalue weighted by Gasteiger charge is -2.17. The van der Waals surface area contributed by atoms with Crippen LogP contribution in [-0.2, 0) is 6.42 Å². The number of nitrogens with one attached hydrogen (secondary N) is 1. The van der Waals surface area contributed by atoms with Gasteiger partial charge in [0.15, 0.2) is 0 Å². The first-order valence-corrected chi connectivity index (χ1v) is 9.84. The zero-order chi connectivity index (χ0) is 20.4. The number of hydrogen-bond donors (Lipinski definition) is 1. The Bertz CT molecular complexity index is 1150. The van der Waals surface area contributed by atoms with Gasteiger partial charge in [-0.15, -0.1) is 0 Å². The molecule has 5 heteroatoms. The van der Waals surface area contributed by atoms with E-state index in [4.69, 9.17) is 9.15 Å². The highest BCUT2D eigenvalue weighted by molar-refractivity contribution is 5.86. The van der Waals surface area contributed by atoms with Crippen molar-refractivity contribution in [2.45, 2.75) is 33.2 Å². The molecule has 0 fully saturated rings. The summed E-state index contributed by atoms with van der Waals surface area (Å²) in [6, 6.07) is 16.3. The highest BCUT2D eigenvalue weighted by Gasteiger charge is 2.12. The molecule has 1 N–H and O–H groups in total. The minimum Gasteiger partial charge on any atom is -0.497 e. The van der Waals surface area contributed by atoms with Gasteiger partial charge < -0.3 is 14.5 Å². The second kappa shape index (κ2) is 7.95. The van der Waals surface area contributed by atoms with E-state index in [2.05, 4.69) is 41.3 Å². The van der Waals surface area contributed by atoms with Crippen LogP contribution < -0.4 is 10.1 Å². The molecule has 1 unspecified atom stereocenters. The van der Waals surface area contributed by atoms with Gasteiger partial charge in [0.05, 0.1) is 25.1 Å². The fourth-order valence-electron chi connectivity index (χ4n) is 3.52. The number of rotatable bonds is 6. The van der Waals surface area contributed by atoms with E-state index in [9.17, 15) is 0 Å². The molecule has 0 bridgehead atoms. The van der Waals surface area contributed by atoms with Crippen molar-refractivity contribution in [1.29, 1.82) is 0 Å². The van der Waals surface area contributed by atoms with E-state index < -0.39 is 0 Å². The summed E-state index contributed by atoms with van der Waals surface area (Å²) < 4.78 is 11.0. The van der Waals surface area contributed by atoms with Crippen LogP contribution in [0.4, 0.5) is 5.82 Å². The summed E-state index contributed by atoms with van der Waals surface area (Å²) in [4.78, 5) is 9.24. The number of hydrogen-bond acceptors (Lipinski definition) is 5. The van der Waals surface area contributed by atoms with Crippen molar-refractivity contribution in [3.63, 3.8) is 0 Å². The van der Waals surface area contributed by atoms with Gasteiger partial charge in [-0.1, -0.05) is 19.1 Å². The first-order valence-electron chi connectivity index (χ1n) is 9.84. The molecule has 2 aromatic heterocycles. The van der Waals surface area contributed by atoms with E-state index >= 15 is 0 Å². The van der Waals surface area contributed by atoms with Crippen LogP contribution in [0.25, 0.3) is 22.2 Å². The summed E-state index contributed by atoms with van der Waals surface area (Å²) in [7, 11) is 1.68. The zero-order valence-corrected chi connectivity index (χ0v) is 17.2. The van der Waals surface area contributed by atoms with Crippen LogP contribution >= 0.6 is 0 Å². The maximum absolute atomic E-state index is 5.64. The normalized spacial score (nSPS) is 12.1. The van der Waals surface area contributed by atoms with Crippen molar-refractivity contribution in [3.8, 4) is 17.0 Å². The van der Waals surface area contributed by atoms with E-state index in [1.807, 2.05) is 49.6 Å². The fraction of sp³-hybridized carbons (Fsp3) is 0.250. The number of furan rings is 1. The Morgan fingerprint density at radius 1 is 1.10 bits per heavy atom. The molecule has 29 heavy (non-hydrogen) atoms. The second-order valence-corrected chi connectivity index (χ2v) is 7.15. The van der Waals surface area contributed by atoms with E-state index in [-0.39, 0.29) is 6.04 Å². The summed E-state index contributed by atoms with van der Waals surface area (Å²) in [5.41, 5.74) is 5.19. The van der Waals surface area contributed by atoms with Gasteiger partial charge in [-0.25, -0.2) is 9.97 Å². The highest BCUT2D eigenvalue weighted by atomic mass is 16.5. The second-order valence-electron chi connectivity index (χ2n) is 7.15. The lowest BCUT2D eigenvalue weighted by molar-refractivity contribution is 0.414. The van der Waals surface area contributed by atoms with Crippen molar-refractivity contribution in [1.82, 2.24) is 9.97 Å². The highest BCUT2D eigenvalue weighted by Crippen LogP contribution is 2.29. The van der Waals surface area contributed by atoms with E-state index in [1.54, 1.807) is 7.11 Å². The molecule has 4 rings (SSSR count). The third kappa shape index (κ3) is 3.94. The maximum Gasteiger partial charge on any atom is 0.134 e. The smallest absolute Gasteiger partial charge is 0.134 e. The molecule has 2 heterocycles. The number of aryl methyl sites for hydroxylation is 2. The summed E-state index contributed by atoms with van der Waals surface area (Å²) in [5.74, 6) is 2.37. The van der Waals surface area contributed by atoms with Crippen molar-refractivity contribution in [2.24, 2.45) is 0 Å². The molecule has 0 radical (unpaired) electrons. The molecular formula is C24H25N3O2. The van der Waals surface area contributed by atoms with Crippen molar-refractivity contribution in [3.05, 3.63) is 71.7 Å². The first kappa shape index (κ1) is 19.0. The van der Waals surface area contributed by atoms with Gasteiger partial charge in [-0.2, -0.15) is 0 Å². The van der Waals surface area contributed by atoms with Crippen LogP contribution in [0.2, 0.25) is 0 Å². The Balaban J connectivity index is 1.65. The van der Waals surface area contributed by atoms with E-state index in [1.165, 1.54) is 5.56 Å². The topological polar surface area (TPSA) is 60.2 Å². The largest absolute Gasteiger partial charge is 0.497 e. The lowest BCUT2D eigenvalue weighted by Crippen LogP contribution is -2.09. The number of benzene rings is 2. The third-order valence-corrected chi connectivity index (χ3v) is 5.13. The summed E-state index contributed by atoms with van der Waals surface area (Å²) >= 11 is 0. The summed E-state index contributed by atoms with van der Waals surface area (Å²) in [6.07, 6.45) is 2.77. The molecule has 0 aliphatic heterocycles. The SMILES string of the molecule is CCc1coc2ccc(-c3cc(NC(C)c4cccc(OC)c4)nc(C)n3)cc12. The van der Waals surface area contributed by atoms with Crippen molar-refractivity contribution < 1.29 is 9.15 Å². The monoisotopic (exact) mass is 387 g/mol. The maximum atomic E-state index is 5.64. The van der Waals surface area contributed by atoms with Gasteiger partial charge in [0.1, 0.15) is 23.0 Å². The van der Waals surface area contributed by atoms with Crippen molar-refractivity contribution >= 4 is 16.8 Å². The van der Waals surface area contributed by atoms with E-state index in [0.717, 1.165) is 51.6 Å². The number of methoxy groups -OCH3 is 1. The minimum atomic E-state index is 0.0790. The quantitative estimate of drug-likeness (QED) is 0.443. The third-order valence-electron chi connectivity index (χ3n) is 5.13. The molecule has 0 aliphatic rings. The van der Waals surface area contributed by atoms with Gasteiger partial charge in [-0.05, 0) is 61.7 Å². The number of fused-ring (bicyclic) bond motifs is 1. The molecule has 0 amide bonds. The van der Waals surface area contributed by atoms with Gasteiger partial charge in [0.25, 0.3) is 0 Å². The fourth-order valence-corrected chi connectivity index (χ4v) is 3.52. The van der Waals surface area contributed by atoms with E-state index in [0.29, 0.717) is 0 Å². The molecule has 0 saturated heterocycles. The number of nitrogens with zero attached hydrogens (tertiary/aromatic N) is 2. The molecule has 2 aromatic carbocycles. The average Bonchev–Trinajstić information content (AvgIpc) is 3.15. The number of aromatic nitrogens is 2. The predicted octanol–water partition coefficient (Wildman–Crippen LogP) is 5.94. The van der Waals surface area contributed by atoms with Crippen LogP contribution in [0.15, 0.2) is 59.2 Å². The molecule has 4 aromatic rings. The van der Waals surface area contributed by atoms with Crippen LogP contribution in [-0.4, -0.2) is 17.1 Å². The number of ether oxygens (including phenoxy) is 1. The van der Waals surface area contributed by atoms with Gasteiger partial charge in [-0.3, -0.25) is 0 Å². The van der Waals surface area contributed by atoms with Gasteiger partial charge in [0.2, 0.25) is 0 Å². The summed E-state index contributed by atoms with van der Waals surface area (Å²) in [6.45, 7) is 6.16. The van der Waals surface area contributed by atoms with Crippen LogP contribution in [0.1, 0.15) is 36.8 Å². The first-order chi connectivity index (χ1) is 14.1. The summed E-state index contributed by atoms with van der Waals surface area (Å²) in [5, 5.41) is 4.63. The van der Waals surface area contributed by atoms with Crippen LogP contribution in [0, 0.1) is 6.92 Å². The standard InChI is InChI=1S/C24H25N3O2/c1-5-17-14-29-23-10-9-19(12-21(17)23)22-13-24(27-16(3)26-22)25-15(2)18-7-6-8-20(11-18)28-4/h6-15H,5H2,1-4H3,(H,25,26,27). The van der Waals surface area contributed by atoms with Gasteiger partial charge >= 0.3 is 0 Å². The van der Waals surface area contributed by atoms with Crippen LogP contribution in [0.5, 0.6) is 5.75 Å². The zero-order valence-electron chi connectivity index (χ0n) is 17.2. The predicted molar refractivity (Wildman–Crippen MR) is 116 cm³/mol. The Morgan fingerprint density at radius 2 is 1.97 bits per heavy atom. The Morgan fingerprint density at radius 3 is 2.76 bits per heavy atom. The molecule has 1 atom stereocenters. The minimum absolute atomic E-state index is 0.0790. The van der Waals surface area contributed by atoms with Gasteiger partial charge in [0, 0.05) is 17.0 Å². The lowest BCUT2D eigenvalue weighted by atomic mass is 10.1. The Kier molecular flexibility index (Phi) is 5.21. The molecule has 148 valence electrons. The molecule has 5 nitrogen and oxygen atoms in total. The molecule has 0 saturated carbocycles. The molecule has 0 spiro atoms. The Hall–Kier alpha value is -3.34. The Labute approximate surface area is 170 Å².